The van der Waals surface area contributed by atoms with Gasteiger partial charge in [-0.05, 0) is 24.3 Å². The molecule has 2 amide bonds. The Morgan fingerprint density at radius 1 is 1.07 bits per heavy atom. The van der Waals surface area contributed by atoms with Gasteiger partial charge in [-0.25, -0.2) is 4.79 Å². The van der Waals surface area contributed by atoms with Crippen molar-refractivity contribution in [1.82, 2.24) is 4.90 Å². The van der Waals surface area contributed by atoms with Crippen LogP contribution in [0.15, 0.2) is 48.5 Å². The molecule has 0 aliphatic carbocycles. The van der Waals surface area contributed by atoms with Crippen molar-refractivity contribution in [3.8, 4) is 11.5 Å². The minimum Gasteiger partial charge on any atom is -0.497 e. The molecule has 0 fully saturated rings. The van der Waals surface area contributed by atoms with Crippen molar-refractivity contribution < 1.29 is 28.6 Å². The summed E-state index contributed by atoms with van der Waals surface area (Å²) in [5.41, 5.74) is 0.540. The lowest BCUT2D eigenvalue weighted by Gasteiger charge is -2.17. The lowest BCUT2D eigenvalue weighted by atomic mass is 10.3. The van der Waals surface area contributed by atoms with Crippen LogP contribution in [-0.2, 0) is 19.1 Å². The second-order valence-electron chi connectivity index (χ2n) is 5.91. The SMILES string of the molecule is COc1cccc(NC(=O)CN(C)C(=O)COC(=O)COc2ccccc2Cl)c1. The molecule has 0 saturated carbocycles. The van der Waals surface area contributed by atoms with E-state index < -0.39 is 31.0 Å². The Balaban J connectivity index is 1.73. The van der Waals surface area contributed by atoms with Crippen molar-refractivity contribution >= 4 is 35.1 Å². The summed E-state index contributed by atoms with van der Waals surface area (Å²) < 4.78 is 15.2. The molecular formula is C20H21ClN2O6. The summed E-state index contributed by atoms with van der Waals surface area (Å²) in [6, 6.07) is 13.5. The fourth-order valence-electron chi connectivity index (χ4n) is 2.20. The van der Waals surface area contributed by atoms with E-state index in [0.29, 0.717) is 22.2 Å². The van der Waals surface area contributed by atoms with Gasteiger partial charge in [0, 0.05) is 18.8 Å². The van der Waals surface area contributed by atoms with E-state index in [0.717, 1.165) is 4.90 Å². The number of hydrogen-bond donors (Lipinski definition) is 1. The van der Waals surface area contributed by atoms with Gasteiger partial charge in [0.05, 0.1) is 18.7 Å². The molecule has 0 aliphatic rings. The number of carbonyl (C=O) groups excluding carboxylic acids is 3. The molecule has 0 saturated heterocycles. The van der Waals surface area contributed by atoms with Crippen LogP contribution in [0.25, 0.3) is 0 Å². The number of methoxy groups -OCH3 is 1. The standard InChI is InChI=1S/C20H21ClN2O6/c1-23(11-18(24)22-14-6-5-7-15(10-14)27-2)19(25)12-29-20(26)13-28-17-9-4-3-8-16(17)21/h3-10H,11-13H2,1-2H3,(H,22,24). The number of nitrogens with one attached hydrogen (secondary N) is 1. The fourth-order valence-corrected chi connectivity index (χ4v) is 2.39. The molecule has 0 bridgehead atoms. The molecule has 1 N–H and O–H groups in total. The van der Waals surface area contributed by atoms with Crippen LogP contribution >= 0.6 is 11.6 Å². The first-order valence-corrected chi connectivity index (χ1v) is 8.97. The van der Waals surface area contributed by atoms with E-state index in [9.17, 15) is 14.4 Å². The topological polar surface area (TPSA) is 94.2 Å². The highest BCUT2D eigenvalue weighted by atomic mass is 35.5. The van der Waals surface area contributed by atoms with Crippen LogP contribution in [0.1, 0.15) is 0 Å². The van der Waals surface area contributed by atoms with Gasteiger partial charge in [-0.3, -0.25) is 9.59 Å². The fraction of sp³-hybridized carbons (Fsp3) is 0.250. The smallest absolute Gasteiger partial charge is 0.344 e. The van der Waals surface area contributed by atoms with E-state index in [4.69, 9.17) is 25.8 Å². The van der Waals surface area contributed by atoms with Gasteiger partial charge in [-0.1, -0.05) is 29.8 Å². The summed E-state index contributed by atoms with van der Waals surface area (Å²) >= 11 is 5.92. The molecule has 0 aliphatic heterocycles. The van der Waals surface area contributed by atoms with Crippen LogP contribution in [0.5, 0.6) is 11.5 Å². The number of benzene rings is 2. The van der Waals surface area contributed by atoms with Gasteiger partial charge in [0.25, 0.3) is 5.91 Å². The van der Waals surface area contributed by atoms with E-state index in [1.165, 1.54) is 14.2 Å². The second kappa shape index (κ2) is 10.9. The van der Waals surface area contributed by atoms with E-state index in [1.807, 2.05) is 0 Å². The molecule has 29 heavy (non-hydrogen) atoms. The van der Waals surface area contributed by atoms with Crippen molar-refractivity contribution in [2.24, 2.45) is 0 Å². The number of likely N-dealkylation sites (N-methyl/N-ethyl adjacent to an activating group) is 1. The van der Waals surface area contributed by atoms with E-state index in [1.54, 1.807) is 48.5 Å². The number of hydrogen-bond acceptors (Lipinski definition) is 6. The van der Waals surface area contributed by atoms with Gasteiger partial charge >= 0.3 is 5.97 Å². The monoisotopic (exact) mass is 420 g/mol. The zero-order chi connectivity index (χ0) is 21.2. The average molecular weight is 421 g/mol. The first kappa shape index (κ1) is 22.0. The Morgan fingerprint density at radius 2 is 1.83 bits per heavy atom. The molecule has 0 spiro atoms. The lowest BCUT2D eigenvalue weighted by molar-refractivity contribution is -0.153. The zero-order valence-corrected chi connectivity index (χ0v) is 16.8. The van der Waals surface area contributed by atoms with E-state index in [-0.39, 0.29) is 6.54 Å². The third-order valence-electron chi connectivity index (χ3n) is 3.70. The Morgan fingerprint density at radius 3 is 2.55 bits per heavy atom. The van der Waals surface area contributed by atoms with Crippen molar-refractivity contribution in [2.75, 3.05) is 39.2 Å². The van der Waals surface area contributed by atoms with Crippen LogP contribution < -0.4 is 14.8 Å². The van der Waals surface area contributed by atoms with Crippen molar-refractivity contribution in [3.05, 3.63) is 53.6 Å². The molecule has 0 radical (unpaired) electrons. The molecule has 0 heterocycles. The minimum atomic E-state index is -0.729. The molecule has 2 aromatic carbocycles. The molecule has 2 rings (SSSR count). The number of carbonyl (C=O) groups is 3. The van der Waals surface area contributed by atoms with Crippen LogP contribution in [-0.4, -0.2) is 56.6 Å². The zero-order valence-electron chi connectivity index (χ0n) is 16.0. The highest BCUT2D eigenvalue weighted by molar-refractivity contribution is 6.32. The third kappa shape index (κ3) is 7.34. The highest BCUT2D eigenvalue weighted by Gasteiger charge is 2.16. The molecule has 9 heteroatoms. The molecule has 0 unspecified atom stereocenters. The average Bonchev–Trinajstić information content (AvgIpc) is 2.71. The van der Waals surface area contributed by atoms with Crippen molar-refractivity contribution in [3.63, 3.8) is 0 Å². The predicted molar refractivity (Wildman–Crippen MR) is 107 cm³/mol. The van der Waals surface area contributed by atoms with Crippen LogP contribution in [0, 0.1) is 0 Å². The maximum Gasteiger partial charge on any atom is 0.344 e. The number of nitrogens with zero attached hydrogens (tertiary/aromatic N) is 1. The van der Waals surface area contributed by atoms with Crippen molar-refractivity contribution in [1.29, 1.82) is 0 Å². The van der Waals surface area contributed by atoms with Crippen LogP contribution in [0.4, 0.5) is 5.69 Å². The van der Waals surface area contributed by atoms with Crippen LogP contribution in [0.2, 0.25) is 5.02 Å². The number of halogens is 1. The molecule has 2 aromatic rings. The second-order valence-corrected chi connectivity index (χ2v) is 6.32. The number of rotatable bonds is 9. The summed E-state index contributed by atoms with van der Waals surface area (Å²) in [5.74, 6) is -0.728. The predicted octanol–water partition coefficient (Wildman–Crippen LogP) is 2.37. The normalized spacial score (nSPS) is 10.0. The molecule has 154 valence electrons. The number of amides is 2. The number of esters is 1. The van der Waals surface area contributed by atoms with Gasteiger partial charge < -0.3 is 24.4 Å². The maximum absolute atomic E-state index is 12.1. The summed E-state index contributed by atoms with van der Waals surface area (Å²) in [4.78, 5) is 37.0. The highest BCUT2D eigenvalue weighted by Crippen LogP contribution is 2.22. The Kier molecular flexibility index (Phi) is 8.29. The summed E-state index contributed by atoms with van der Waals surface area (Å²) in [5, 5.41) is 3.02. The van der Waals surface area contributed by atoms with E-state index >= 15 is 0 Å². The quantitative estimate of drug-likeness (QED) is 0.626. The Hall–Kier alpha value is -3.26. The first-order chi connectivity index (χ1) is 13.9. The maximum atomic E-state index is 12.1. The molecule has 8 nitrogen and oxygen atoms in total. The van der Waals surface area contributed by atoms with Crippen LogP contribution in [0.3, 0.4) is 0 Å². The van der Waals surface area contributed by atoms with Gasteiger partial charge in [0.2, 0.25) is 5.91 Å². The van der Waals surface area contributed by atoms with Gasteiger partial charge in [-0.2, -0.15) is 0 Å². The summed E-state index contributed by atoms with van der Waals surface area (Å²) in [6.07, 6.45) is 0. The number of para-hydroxylation sites is 1. The Labute approximate surface area is 173 Å². The van der Waals surface area contributed by atoms with Crippen molar-refractivity contribution in [2.45, 2.75) is 0 Å². The van der Waals surface area contributed by atoms with E-state index in [2.05, 4.69) is 5.32 Å². The summed E-state index contributed by atoms with van der Waals surface area (Å²) in [7, 11) is 2.95. The molecule has 0 aromatic heterocycles. The summed E-state index contributed by atoms with van der Waals surface area (Å²) in [6.45, 7) is -1.10. The van der Waals surface area contributed by atoms with Gasteiger partial charge in [0.1, 0.15) is 11.5 Å². The minimum absolute atomic E-state index is 0.205. The van der Waals surface area contributed by atoms with Gasteiger partial charge in [-0.15, -0.1) is 0 Å². The molecular weight excluding hydrogens is 400 g/mol. The van der Waals surface area contributed by atoms with Gasteiger partial charge in [0.15, 0.2) is 13.2 Å². The molecule has 0 atom stereocenters. The Bertz CT molecular complexity index is 874. The largest absolute Gasteiger partial charge is 0.497 e. The lowest BCUT2D eigenvalue weighted by Crippen LogP contribution is -2.37. The number of ether oxygens (including phenoxy) is 3. The first-order valence-electron chi connectivity index (χ1n) is 8.60. The number of anilines is 1. The third-order valence-corrected chi connectivity index (χ3v) is 4.01.